The van der Waals surface area contributed by atoms with Crippen LogP contribution in [0.25, 0.3) is 0 Å². The molecule has 4 heteroatoms. The maximum Gasteiger partial charge on any atom is 0.167 e. The Labute approximate surface area is 119 Å². The van der Waals surface area contributed by atoms with Gasteiger partial charge in [0.25, 0.3) is 0 Å². The number of phenols is 1. The highest BCUT2D eigenvalue weighted by atomic mass is 16.5. The molecule has 1 fully saturated rings. The number of phenolic OH excluding ortho intramolecular Hbond substituents is 1. The molecule has 0 bridgehead atoms. The number of Topliss-reactive ketones (excluding diaryl/α,β-unsaturated/α-hetero) is 1. The van der Waals surface area contributed by atoms with Gasteiger partial charge in [0, 0.05) is 31.0 Å². The van der Waals surface area contributed by atoms with Crippen LogP contribution in [-0.4, -0.2) is 43.0 Å². The van der Waals surface area contributed by atoms with Gasteiger partial charge in [-0.2, -0.15) is 0 Å². The van der Waals surface area contributed by atoms with Crippen molar-refractivity contribution in [2.45, 2.75) is 25.7 Å². The van der Waals surface area contributed by atoms with E-state index in [1.807, 2.05) is 13.0 Å². The number of ketones is 1. The molecule has 0 saturated carbocycles. The van der Waals surface area contributed by atoms with Crippen molar-refractivity contribution in [2.24, 2.45) is 5.92 Å². The number of ether oxygens (including phenoxy) is 1. The van der Waals surface area contributed by atoms with Crippen molar-refractivity contribution in [1.82, 2.24) is 4.90 Å². The highest BCUT2D eigenvalue weighted by Crippen LogP contribution is 2.47. The number of carbonyl (C=O) groups excluding carboxylic acids is 1. The first-order valence-corrected chi connectivity index (χ1v) is 7.21. The predicted octanol–water partition coefficient (Wildman–Crippen LogP) is 2.19. The average molecular weight is 275 g/mol. The fourth-order valence-corrected chi connectivity index (χ4v) is 3.80. The lowest BCUT2D eigenvalue weighted by Gasteiger charge is -2.28. The van der Waals surface area contributed by atoms with Gasteiger partial charge in [0.15, 0.2) is 5.78 Å². The molecule has 20 heavy (non-hydrogen) atoms. The van der Waals surface area contributed by atoms with E-state index >= 15 is 0 Å². The second-order valence-corrected chi connectivity index (χ2v) is 5.94. The smallest absolute Gasteiger partial charge is 0.167 e. The molecule has 0 aromatic heterocycles. The summed E-state index contributed by atoms with van der Waals surface area (Å²) in [5.74, 6) is 1.62. The first kappa shape index (κ1) is 13.4. The molecule has 1 aliphatic carbocycles. The molecule has 3 rings (SSSR count). The van der Waals surface area contributed by atoms with E-state index in [0.29, 0.717) is 36.0 Å². The van der Waals surface area contributed by atoms with Crippen LogP contribution in [0, 0.1) is 5.92 Å². The number of hydrogen-bond acceptors (Lipinski definition) is 4. The van der Waals surface area contributed by atoms with E-state index in [2.05, 4.69) is 11.9 Å². The van der Waals surface area contributed by atoms with Crippen LogP contribution < -0.4 is 4.74 Å². The molecule has 0 radical (unpaired) electrons. The normalized spacial score (nSPS) is 25.4. The number of likely N-dealkylation sites (tertiary alicyclic amines) is 1. The third-order valence-corrected chi connectivity index (χ3v) is 4.72. The van der Waals surface area contributed by atoms with Crippen LogP contribution in [0.15, 0.2) is 6.07 Å². The predicted molar refractivity (Wildman–Crippen MR) is 76.7 cm³/mol. The van der Waals surface area contributed by atoms with Crippen LogP contribution in [0.4, 0.5) is 0 Å². The quantitative estimate of drug-likeness (QED) is 0.899. The molecule has 1 aliphatic heterocycles. The number of rotatable bonds is 2. The van der Waals surface area contributed by atoms with Crippen LogP contribution in [0.1, 0.15) is 40.7 Å². The zero-order valence-electron chi connectivity index (χ0n) is 12.3. The minimum Gasteiger partial charge on any atom is -0.507 e. The average Bonchev–Trinajstić information content (AvgIpc) is 2.78. The van der Waals surface area contributed by atoms with E-state index < -0.39 is 0 Å². The molecule has 2 aliphatic rings. The van der Waals surface area contributed by atoms with Crippen molar-refractivity contribution in [3.63, 3.8) is 0 Å². The number of aromatic hydroxyl groups is 1. The van der Waals surface area contributed by atoms with Gasteiger partial charge in [0.05, 0.1) is 12.7 Å². The highest BCUT2D eigenvalue weighted by Gasteiger charge is 2.41. The number of nitrogens with zero attached hydrogens (tertiary/aromatic N) is 1. The Kier molecular flexibility index (Phi) is 3.21. The zero-order chi connectivity index (χ0) is 14.4. The van der Waals surface area contributed by atoms with E-state index in [4.69, 9.17) is 4.74 Å². The van der Waals surface area contributed by atoms with Crippen molar-refractivity contribution in [3.05, 3.63) is 22.8 Å². The number of fused-ring (bicyclic) bond motifs is 3. The number of carbonyl (C=O) groups is 1. The second-order valence-electron chi connectivity index (χ2n) is 5.94. The van der Waals surface area contributed by atoms with Crippen LogP contribution in [0.3, 0.4) is 0 Å². The zero-order valence-corrected chi connectivity index (χ0v) is 12.3. The van der Waals surface area contributed by atoms with Crippen LogP contribution in [0.2, 0.25) is 0 Å². The molecule has 0 spiro atoms. The molecular weight excluding hydrogens is 254 g/mol. The summed E-state index contributed by atoms with van der Waals surface area (Å²) in [4.78, 5) is 14.7. The van der Waals surface area contributed by atoms with Gasteiger partial charge in [-0.25, -0.2) is 0 Å². The molecule has 1 N–H and O–H groups in total. The summed E-state index contributed by atoms with van der Waals surface area (Å²) in [5.41, 5.74) is 2.26. The lowest BCUT2D eigenvalue weighted by atomic mass is 9.75. The molecule has 1 aromatic carbocycles. The molecule has 1 heterocycles. The van der Waals surface area contributed by atoms with Crippen molar-refractivity contribution in [2.75, 3.05) is 27.2 Å². The Morgan fingerprint density at radius 3 is 2.85 bits per heavy atom. The molecule has 108 valence electrons. The Morgan fingerprint density at radius 2 is 2.20 bits per heavy atom. The topological polar surface area (TPSA) is 49.8 Å². The van der Waals surface area contributed by atoms with Gasteiger partial charge in [0.2, 0.25) is 0 Å². The van der Waals surface area contributed by atoms with E-state index in [9.17, 15) is 9.90 Å². The summed E-state index contributed by atoms with van der Waals surface area (Å²) in [6.45, 7) is 3.86. The maximum absolute atomic E-state index is 12.4. The highest BCUT2D eigenvalue weighted by molar-refractivity contribution is 6.02. The van der Waals surface area contributed by atoms with Gasteiger partial charge in [-0.3, -0.25) is 4.79 Å². The SMILES string of the molecule is CCc1c(OC)cc2c(c1O)C(=O)C[C@@H]1CN(C)C[C@H]21. The Balaban J connectivity index is 2.19. The standard InChI is InChI=1S/C16H21NO3/c1-4-10-14(20-3)6-11-12-8-17(2)7-9(12)5-13(18)15(11)16(10)19/h6,9,12,19H,4-5,7-8H2,1-3H3/t9-,12+/m1/s1. The molecule has 2 atom stereocenters. The fourth-order valence-electron chi connectivity index (χ4n) is 3.80. The summed E-state index contributed by atoms with van der Waals surface area (Å²) in [6.07, 6.45) is 1.20. The third kappa shape index (κ3) is 1.82. The Morgan fingerprint density at radius 1 is 1.45 bits per heavy atom. The molecule has 4 nitrogen and oxygen atoms in total. The first-order chi connectivity index (χ1) is 9.56. The molecule has 1 saturated heterocycles. The summed E-state index contributed by atoms with van der Waals surface area (Å²) < 4.78 is 5.41. The Hall–Kier alpha value is -1.55. The largest absolute Gasteiger partial charge is 0.507 e. The van der Waals surface area contributed by atoms with Crippen molar-refractivity contribution >= 4 is 5.78 Å². The summed E-state index contributed by atoms with van der Waals surface area (Å²) in [5, 5.41) is 10.5. The lowest BCUT2D eigenvalue weighted by Crippen LogP contribution is -2.24. The maximum atomic E-state index is 12.4. The van der Waals surface area contributed by atoms with Crippen LogP contribution in [-0.2, 0) is 6.42 Å². The second kappa shape index (κ2) is 4.77. The molecule has 0 amide bonds. The van der Waals surface area contributed by atoms with Gasteiger partial charge in [-0.15, -0.1) is 0 Å². The summed E-state index contributed by atoms with van der Waals surface area (Å²) >= 11 is 0. The van der Waals surface area contributed by atoms with Gasteiger partial charge < -0.3 is 14.7 Å². The number of methoxy groups -OCH3 is 1. The monoisotopic (exact) mass is 275 g/mol. The van der Waals surface area contributed by atoms with Gasteiger partial charge in [-0.05, 0) is 31.0 Å². The van der Waals surface area contributed by atoms with Gasteiger partial charge in [-0.1, -0.05) is 6.92 Å². The van der Waals surface area contributed by atoms with E-state index in [0.717, 1.165) is 24.2 Å². The van der Waals surface area contributed by atoms with Gasteiger partial charge >= 0.3 is 0 Å². The minimum atomic E-state index is 0.0754. The first-order valence-electron chi connectivity index (χ1n) is 7.21. The van der Waals surface area contributed by atoms with Crippen LogP contribution >= 0.6 is 0 Å². The summed E-state index contributed by atoms with van der Waals surface area (Å²) in [7, 11) is 3.70. The summed E-state index contributed by atoms with van der Waals surface area (Å²) in [6, 6.07) is 1.97. The van der Waals surface area contributed by atoms with Crippen molar-refractivity contribution in [1.29, 1.82) is 0 Å². The van der Waals surface area contributed by atoms with Crippen molar-refractivity contribution < 1.29 is 14.6 Å². The lowest BCUT2D eigenvalue weighted by molar-refractivity contribution is 0.0943. The minimum absolute atomic E-state index is 0.0754. The third-order valence-electron chi connectivity index (χ3n) is 4.72. The molecular formula is C16H21NO3. The Bertz CT molecular complexity index is 567. The van der Waals surface area contributed by atoms with Crippen LogP contribution in [0.5, 0.6) is 11.5 Å². The number of benzene rings is 1. The molecule has 0 unspecified atom stereocenters. The molecule has 1 aromatic rings. The fraction of sp³-hybridized carbons (Fsp3) is 0.562. The van der Waals surface area contributed by atoms with E-state index in [1.54, 1.807) is 7.11 Å². The van der Waals surface area contributed by atoms with E-state index in [-0.39, 0.29) is 11.5 Å². The van der Waals surface area contributed by atoms with Crippen molar-refractivity contribution in [3.8, 4) is 11.5 Å². The van der Waals surface area contributed by atoms with E-state index in [1.165, 1.54) is 0 Å². The number of likely N-dealkylation sites (N-methyl/N-ethyl adjacent to an activating group) is 1. The van der Waals surface area contributed by atoms with Gasteiger partial charge in [0.1, 0.15) is 11.5 Å². The number of hydrogen-bond donors (Lipinski definition) is 1.